The van der Waals surface area contributed by atoms with Crippen LogP contribution in [-0.4, -0.2) is 4.98 Å². The second kappa shape index (κ2) is 7.07. The van der Waals surface area contributed by atoms with E-state index in [9.17, 15) is 0 Å². The van der Waals surface area contributed by atoms with Crippen molar-refractivity contribution in [2.75, 3.05) is 0 Å². The summed E-state index contributed by atoms with van der Waals surface area (Å²) in [6.07, 6.45) is 3.94. The third-order valence-electron chi connectivity index (χ3n) is 6.30. The van der Waals surface area contributed by atoms with Gasteiger partial charge in [0, 0.05) is 17.8 Å². The van der Waals surface area contributed by atoms with Crippen LogP contribution in [-0.2, 0) is 0 Å². The molecule has 0 spiro atoms. The highest BCUT2D eigenvalue weighted by molar-refractivity contribution is 6.23. The van der Waals surface area contributed by atoms with Crippen LogP contribution in [0.1, 0.15) is 5.56 Å². The molecular weight excluding hydrogens is 374 g/mol. The third kappa shape index (κ3) is 2.74. The molecule has 1 heteroatoms. The lowest BCUT2D eigenvalue weighted by Crippen LogP contribution is -1.93. The van der Waals surface area contributed by atoms with E-state index in [-0.39, 0.29) is 0 Å². The molecule has 1 nitrogen and oxygen atoms in total. The molecule has 0 N–H and O–H groups in total. The highest BCUT2D eigenvalue weighted by Crippen LogP contribution is 2.45. The number of hydrogen-bond acceptors (Lipinski definition) is 1. The standard InChI is InChI=1S/C30H21N/c1-20-9-2-4-12-22(20)29-25-14-6-7-15-26(25)30(27-17-18-31-19-28(27)29)24-16-8-11-21-10-3-5-13-23(21)24/h2-19H,1H3. The Bertz CT molecular complexity index is 1530. The molecule has 0 aliphatic carbocycles. The van der Waals surface area contributed by atoms with Crippen LogP contribution in [0.3, 0.4) is 0 Å². The van der Waals surface area contributed by atoms with Gasteiger partial charge in [-0.15, -0.1) is 0 Å². The van der Waals surface area contributed by atoms with E-state index in [2.05, 4.69) is 109 Å². The molecule has 0 bridgehead atoms. The second-order valence-corrected chi connectivity index (χ2v) is 8.06. The van der Waals surface area contributed by atoms with E-state index in [1.807, 2.05) is 12.4 Å². The van der Waals surface area contributed by atoms with E-state index in [0.29, 0.717) is 0 Å². The minimum absolute atomic E-state index is 1.19. The van der Waals surface area contributed by atoms with Crippen molar-refractivity contribution >= 4 is 32.3 Å². The zero-order valence-corrected chi connectivity index (χ0v) is 17.3. The quantitative estimate of drug-likeness (QED) is 0.269. The minimum atomic E-state index is 1.19. The number of pyridine rings is 1. The largest absolute Gasteiger partial charge is 0.264 e. The Morgan fingerprint density at radius 2 is 1.06 bits per heavy atom. The Labute approximate surface area is 181 Å². The average molecular weight is 396 g/mol. The summed E-state index contributed by atoms with van der Waals surface area (Å²) in [5.41, 5.74) is 6.35. The molecule has 1 aromatic heterocycles. The van der Waals surface area contributed by atoms with Crippen LogP contribution in [0.4, 0.5) is 0 Å². The molecule has 0 atom stereocenters. The number of fused-ring (bicyclic) bond motifs is 3. The molecule has 1 heterocycles. The molecule has 5 aromatic carbocycles. The lowest BCUT2D eigenvalue weighted by Gasteiger charge is -2.19. The molecule has 0 saturated carbocycles. The summed E-state index contributed by atoms with van der Waals surface area (Å²) in [7, 11) is 0. The predicted molar refractivity (Wildman–Crippen MR) is 132 cm³/mol. The number of hydrogen-bond donors (Lipinski definition) is 0. The fourth-order valence-electron chi connectivity index (χ4n) is 4.90. The Kier molecular flexibility index (Phi) is 4.07. The first-order valence-corrected chi connectivity index (χ1v) is 10.7. The van der Waals surface area contributed by atoms with Crippen molar-refractivity contribution in [2.45, 2.75) is 6.92 Å². The van der Waals surface area contributed by atoms with Gasteiger partial charge in [-0.05, 0) is 67.7 Å². The van der Waals surface area contributed by atoms with Gasteiger partial charge in [0.1, 0.15) is 0 Å². The number of rotatable bonds is 2. The van der Waals surface area contributed by atoms with Crippen LogP contribution in [0.2, 0.25) is 0 Å². The van der Waals surface area contributed by atoms with Gasteiger partial charge in [0.05, 0.1) is 0 Å². The summed E-state index contributed by atoms with van der Waals surface area (Å²) >= 11 is 0. The van der Waals surface area contributed by atoms with Crippen molar-refractivity contribution in [2.24, 2.45) is 0 Å². The number of aryl methyl sites for hydroxylation is 1. The van der Waals surface area contributed by atoms with Crippen LogP contribution < -0.4 is 0 Å². The van der Waals surface area contributed by atoms with Gasteiger partial charge in [0.25, 0.3) is 0 Å². The number of aromatic nitrogens is 1. The van der Waals surface area contributed by atoms with E-state index in [1.165, 1.54) is 60.1 Å². The fourth-order valence-corrected chi connectivity index (χ4v) is 4.90. The smallest absolute Gasteiger partial charge is 0.0353 e. The lowest BCUT2D eigenvalue weighted by atomic mass is 9.84. The van der Waals surface area contributed by atoms with Gasteiger partial charge in [-0.25, -0.2) is 0 Å². The van der Waals surface area contributed by atoms with Crippen molar-refractivity contribution in [3.63, 3.8) is 0 Å². The third-order valence-corrected chi connectivity index (χ3v) is 6.30. The number of nitrogens with zero attached hydrogens (tertiary/aromatic N) is 1. The van der Waals surface area contributed by atoms with Crippen LogP contribution in [0, 0.1) is 6.92 Å². The molecule has 0 saturated heterocycles. The maximum atomic E-state index is 4.53. The number of benzene rings is 5. The van der Waals surface area contributed by atoms with Gasteiger partial charge in [-0.1, -0.05) is 91.0 Å². The lowest BCUT2D eigenvalue weighted by molar-refractivity contribution is 1.36. The fraction of sp³-hybridized carbons (Fsp3) is 0.0333. The topological polar surface area (TPSA) is 12.9 Å². The molecule has 0 radical (unpaired) electrons. The monoisotopic (exact) mass is 395 g/mol. The highest BCUT2D eigenvalue weighted by atomic mass is 14.6. The first-order chi connectivity index (χ1) is 15.3. The van der Waals surface area contributed by atoms with Gasteiger partial charge >= 0.3 is 0 Å². The molecule has 146 valence electrons. The molecule has 0 aliphatic rings. The first-order valence-electron chi connectivity index (χ1n) is 10.7. The maximum absolute atomic E-state index is 4.53. The summed E-state index contributed by atoms with van der Waals surface area (Å²) < 4.78 is 0. The molecular formula is C30H21N. The summed E-state index contributed by atoms with van der Waals surface area (Å²) in [4.78, 5) is 4.53. The molecule has 0 amide bonds. The highest BCUT2D eigenvalue weighted by Gasteiger charge is 2.18. The Hall–Kier alpha value is -3.97. The van der Waals surface area contributed by atoms with Crippen molar-refractivity contribution in [3.05, 3.63) is 115 Å². The molecule has 0 fully saturated rings. The van der Waals surface area contributed by atoms with E-state index in [4.69, 9.17) is 0 Å². The van der Waals surface area contributed by atoms with E-state index < -0.39 is 0 Å². The summed E-state index contributed by atoms with van der Waals surface area (Å²) in [5, 5.41) is 7.50. The summed E-state index contributed by atoms with van der Waals surface area (Å²) in [5.74, 6) is 0. The van der Waals surface area contributed by atoms with E-state index >= 15 is 0 Å². The Balaban J connectivity index is 1.85. The van der Waals surface area contributed by atoms with Gasteiger partial charge in [0.2, 0.25) is 0 Å². The van der Waals surface area contributed by atoms with Crippen molar-refractivity contribution < 1.29 is 0 Å². The minimum Gasteiger partial charge on any atom is -0.264 e. The van der Waals surface area contributed by atoms with Crippen LogP contribution in [0.5, 0.6) is 0 Å². The van der Waals surface area contributed by atoms with Crippen LogP contribution in [0.15, 0.2) is 109 Å². The van der Waals surface area contributed by atoms with Gasteiger partial charge in [-0.3, -0.25) is 4.98 Å². The second-order valence-electron chi connectivity index (χ2n) is 8.06. The van der Waals surface area contributed by atoms with Gasteiger partial charge in [-0.2, -0.15) is 0 Å². The van der Waals surface area contributed by atoms with E-state index in [0.717, 1.165) is 0 Å². The van der Waals surface area contributed by atoms with Crippen LogP contribution >= 0.6 is 0 Å². The molecule has 6 rings (SSSR count). The zero-order valence-electron chi connectivity index (χ0n) is 17.3. The zero-order chi connectivity index (χ0) is 20.8. The van der Waals surface area contributed by atoms with E-state index in [1.54, 1.807) is 0 Å². The SMILES string of the molecule is Cc1ccccc1-c1c2ccccc2c(-c2cccc3ccccc23)c2ccncc12. The van der Waals surface area contributed by atoms with Gasteiger partial charge in [0.15, 0.2) is 0 Å². The summed E-state index contributed by atoms with van der Waals surface area (Å²) in [6.45, 7) is 2.19. The first kappa shape index (κ1) is 17.9. The Morgan fingerprint density at radius 3 is 1.87 bits per heavy atom. The summed E-state index contributed by atoms with van der Waals surface area (Å²) in [6, 6.07) is 34.8. The Morgan fingerprint density at radius 1 is 0.484 bits per heavy atom. The molecule has 31 heavy (non-hydrogen) atoms. The predicted octanol–water partition coefficient (Wildman–Crippen LogP) is 8.18. The van der Waals surface area contributed by atoms with Crippen molar-refractivity contribution in [3.8, 4) is 22.3 Å². The average Bonchev–Trinajstić information content (AvgIpc) is 2.83. The normalized spacial score (nSPS) is 11.4. The van der Waals surface area contributed by atoms with Crippen molar-refractivity contribution in [1.82, 2.24) is 4.98 Å². The molecule has 0 unspecified atom stereocenters. The van der Waals surface area contributed by atoms with Crippen LogP contribution in [0.25, 0.3) is 54.6 Å². The maximum Gasteiger partial charge on any atom is 0.0353 e. The van der Waals surface area contributed by atoms with Gasteiger partial charge < -0.3 is 0 Å². The molecule has 0 aliphatic heterocycles. The van der Waals surface area contributed by atoms with Crippen molar-refractivity contribution in [1.29, 1.82) is 0 Å². The molecule has 6 aromatic rings.